The third kappa shape index (κ3) is 4.14. The molecule has 3 rings (SSSR count). The number of hydrogen-bond acceptors (Lipinski definition) is 3. The average Bonchev–Trinajstić information content (AvgIpc) is 2.54. The molecular weight excluding hydrogens is 292 g/mol. The minimum atomic E-state index is -0.904. The first-order chi connectivity index (χ1) is 11.1. The Morgan fingerprint density at radius 2 is 2.04 bits per heavy atom. The van der Waals surface area contributed by atoms with E-state index < -0.39 is 5.97 Å². The lowest BCUT2D eigenvalue weighted by atomic mass is 9.72. The molecule has 23 heavy (non-hydrogen) atoms. The van der Waals surface area contributed by atoms with Crippen LogP contribution in [-0.2, 0) is 9.59 Å². The Labute approximate surface area is 138 Å². The monoisotopic (exact) mass is 320 g/mol. The lowest BCUT2D eigenvalue weighted by Gasteiger charge is -2.47. The first kappa shape index (κ1) is 16.5. The van der Waals surface area contributed by atoms with Gasteiger partial charge in [0.1, 0.15) is 6.54 Å². The fourth-order valence-electron chi connectivity index (χ4n) is 4.42. The molecule has 0 radical (unpaired) electrons. The summed E-state index contributed by atoms with van der Waals surface area (Å²) in [7, 11) is 0. The van der Waals surface area contributed by atoms with E-state index in [0.717, 1.165) is 38.3 Å². The maximum absolute atomic E-state index is 11.9. The molecule has 5 heteroatoms. The molecule has 0 saturated carbocycles. The second-order valence-electron chi connectivity index (χ2n) is 7.59. The molecule has 0 unspecified atom stereocenters. The molecule has 2 fully saturated rings. The molecule has 1 spiro atoms. The van der Waals surface area contributed by atoms with E-state index in [9.17, 15) is 9.59 Å². The summed E-state index contributed by atoms with van der Waals surface area (Å²) in [6.45, 7) is 3.87. The summed E-state index contributed by atoms with van der Waals surface area (Å²) in [6.07, 6.45) is 12.0. The topological polar surface area (TPSA) is 60.9 Å². The Morgan fingerprint density at radius 1 is 1.26 bits per heavy atom. The lowest BCUT2D eigenvalue weighted by Crippen LogP contribution is -2.53. The Kier molecular flexibility index (Phi) is 5.05. The number of hydrogen-bond donors (Lipinski definition) is 1. The second kappa shape index (κ2) is 7.04. The Bertz CT molecular complexity index is 481. The summed E-state index contributed by atoms with van der Waals surface area (Å²) >= 11 is 0. The van der Waals surface area contributed by atoms with E-state index >= 15 is 0 Å². The molecule has 2 saturated heterocycles. The van der Waals surface area contributed by atoms with E-state index in [0.29, 0.717) is 13.0 Å². The number of rotatable bonds is 4. The predicted octanol–water partition coefficient (Wildman–Crippen LogP) is 2.13. The number of likely N-dealkylation sites (tertiary alicyclic amines) is 2. The van der Waals surface area contributed by atoms with Crippen LogP contribution in [0.3, 0.4) is 0 Å². The van der Waals surface area contributed by atoms with Gasteiger partial charge in [0.05, 0.1) is 0 Å². The summed E-state index contributed by atoms with van der Waals surface area (Å²) in [5.74, 6) is -0.0990. The van der Waals surface area contributed by atoms with Crippen molar-refractivity contribution in [2.24, 2.45) is 11.3 Å². The molecule has 0 aromatic carbocycles. The third-order valence-electron chi connectivity index (χ3n) is 5.89. The molecule has 5 nitrogen and oxygen atoms in total. The van der Waals surface area contributed by atoms with Gasteiger partial charge in [-0.25, -0.2) is 0 Å². The van der Waals surface area contributed by atoms with E-state index in [1.165, 1.54) is 25.8 Å². The maximum Gasteiger partial charge on any atom is 0.323 e. The van der Waals surface area contributed by atoms with Crippen molar-refractivity contribution in [3.8, 4) is 0 Å². The molecule has 0 aromatic heterocycles. The minimum Gasteiger partial charge on any atom is -0.480 e. The first-order valence-corrected chi connectivity index (χ1v) is 8.93. The van der Waals surface area contributed by atoms with E-state index in [4.69, 9.17) is 5.11 Å². The van der Waals surface area contributed by atoms with Gasteiger partial charge in [0.25, 0.3) is 0 Å². The van der Waals surface area contributed by atoms with Crippen molar-refractivity contribution in [3.05, 3.63) is 12.2 Å². The van der Waals surface area contributed by atoms with Crippen LogP contribution in [0.2, 0.25) is 0 Å². The van der Waals surface area contributed by atoms with Gasteiger partial charge in [-0.05, 0) is 62.9 Å². The number of carbonyl (C=O) groups is 2. The Morgan fingerprint density at radius 3 is 2.70 bits per heavy atom. The minimum absolute atomic E-state index is 0.00875. The molecule has 2 heterocycles. The van der Waals surface area contributed by atoms with Crippen molar-refractivity contribution in [2.75, 3.05) is 32.7 Å². The summed E-state index contributed by atoms with van der Waals surface area (Å²) in [6, 6.07) is 0. The zero-order valence-electron chi connectivity index (χ0n) is 13.9. The van der Waals surface area contributed by atoms with Crippen LogP contribution in [0.25, 0.3) is 0 Å². The van der Waals surface area contributed by atoms with Crippen LogP contribution in [0, 0.1) is 11.3 Å². The van der Waals surface area contributed by atoms with Gasteiger partial charge in [0.2, 0.25) is 5.91 Å². The summed E-state index contributed by atoms with van der Waals surface area (Å²) in [4.78, 5) is 27.0. The van der Waals surface area contributed by atoms with Gasteiger partial charge in [-0.15, -0.1) is 0 Å². The summed E-state index contributed by atoms with van der Waals surface area (Å²) in [5.41, 5.74) is 0.159. The van der Waals surface area contributed by atoms with Crippen LogP contribution in [0.5, 0.6) is 0 Å². The van der Waals surface area contributed by atoms with Crippen LogP contribution >= 0.6 is 0 Å². The maximum atomic E-state index is 11.9. The SMILES string of the molecule is O=C(O)CN1CC2(CCC1=O)CCN(C[C@@H]1CC=CCC1)CC2. The van der Waals surface area contributed by atoms with Gasteiger partial charge >= 0.3 is 5.97 Å². The molecule has 0 bridgehead atoms. The van der Waals surface area contributed by atoms with E-state index in [2.05, 4.69) is 17.1 Å². The third-order valence-corrected chi connectivity index (χ3v) is 5.89. The zero-order chi connectivity index (χ0) is 16.3. The quantitative estimate of drug-likeness (QED) is 0.806. The zero-order valence-corrected chi connectivity index (χ0v) is 13.9. The average molecular weight is 320 g/mol. The van der Waals surface area contributed by atoms with E-state index in [-0.39, 0.29) is 17.9 Å². The predicted molar refractivity (Wildman–Crippen MR) is 88.0 cm³/mol. The van der Waals surface area contributed by atoms with Crippen molar-refractivity contribution in [1.82, 2.24) is 9.80 Å². The number of piperidine rings is 2. The van der Waals surface area contributed by atoms with Gasteiger partial charge in [0.15, 0.2) is 0 Å². The number of allylic oxidation sites excluding steroid dienone is 2. The largest absolute Gasteiger partial charge is 0.480 e. The van der Waals surface area contributed by atoms with Crippen LogP contribution in [0.4, 0.5) is 0 Å². The highest BCUT2D eigenvalue weighted by Crippen LogP contribution is 2.40. The number of aliphatic carboxylic acids is 1. The number of carbonyl (C=O) groups excluding carboxylic acids is 1. The Balaban J connectivity index is 1.51. The second-order valence-corrected chi connectivity index (χ2v) is 7.59. The molecule has 2 aliphatic heterocycles. The number of carboxylic acid groups (broad SMARTS) is 1. The molecule has 1 atom stereocenters. The summed E-state index contributed by atoms with van der Waals surface area (Å²) < 4.78 is 0. The van der Waals surface area contributed by atoms with Gasteiger partial charge in [-0.3, -0.25) is 9.59 Å². The highest BCUT2D eigenvalue weighted by Gasteiger charge is 2.41. The molecule has 3 aliphatic rings. The Hall–Kier alpha value is -1.36. The highest BCUT2D eigenvalue weighted by molar-refractivity contribution is 5.82. The highest BCUT2D eigenvalue weighted by atomic mass is 16.4. The fourth-order valence-corrected chi connectivity index (χ4v) is 4.42. The molecular formula is C18H28N2O3. The fraction of sp³-hybridized carbons (Fsp3) is 0.778. The van der Waals surface area contributed by atoms with Crippen molar-refractivity contribution < 1.29 is 14.7 Å². The smallest absolute Gasteiger partial charge is 0.323 e. The lowest BCUT2D eigenvalue weighted by molar-refractivity contribution is -0.149. The van der Waals surface area contributed by atoms with Crippen LogP contribution < -0.4 is 0 Å². The van der Waals surface area contributed by atoms with Crippen LogP contribution in [0.1, 0.15) is 44.9 Å². The van der Waals surface area contributed by atoms with Crippen molar-refractivity contribution in [3.63, 3.8) is 0 Å². The number of amides is 1. The van der Waals surface area contributed by atoms with E-state index in [1.807, 2.05) is 0 Å². The molecule has 1 aliphatic carbocycles. The number of nitrogens with zero attached hydrogens (tertiary/aromatic N) is 2. The van der Waals surface area contributed by atoms with Crippen LogP contribution in [-0.4, -0.2) is 59.5 Å². The van der Waals surface area contributed by atoms with Crippen molar-refractivity contribution >= 4 is 11.9 Å². The molecule has 1 N–H and O–H groups in total. The van der Waals surface area contributed by atoms with Gasteiger partial charge in [-0.1, -0.05) is 12.2 Å². The molecule has 1 amide bonds. The van der Waals surface area contributed by atoms with Gasteiger partial charge in [0, 0.05) is 19.5 Å². The normalized spacial score (nSPS) is 28.3. The van der Waals surface area contributed by atoms with Gasteiger partial charge < -0.3 is 14.9 Å². The van der Waals surface area contributed by atoms with Crippen molar-refractivity contribution in [1.29, 1.82) is 0 Å². The van der Waals surface area contributed by atoms with E-state index in [1.54, 1.807) is 4.90 Å². The first-order valence-electron chi connectivity index (χ1n) is 8.93. The van der Waals surface area contributed by atoms with Gasteiger partial charge in [-0.2, -0.15) is 0 Å². The summed E-state index contributed by atoms with van der Waals surface area (Å²) in [5, 5.41) is 8.99. The number of carboxylic acids is 1. The molecule has 0 aromatic rings. The molecule has 128 valence electrons. The van der Waals surface area contributed by atoms with Crippen LogP contribution in [0.15, 0.2) is 12.2 Å². The standard InChI is InChI=1S/C18H28N2O3/c21-16-6-7-18(14-20(16)13-17(22)23)8-10-19(11-9-18)12-15-4-2-1-3-5-15/h1-2,15H,3-14H2,(H,22,23)/t15-/m1/s1. The van der Waals surface area contributed by atoms with Crippen molar-refractivity contribution in [2.45, 2.75) is 44.9 Å².